The van der Waals surface area contributed by atoms with E-state index in [0.717, 1.165) is 0 Å². The second-order valence-corrected chi connectivity index (χ2v) is 6.38. The minimum Gasteiger partial charge on any atom is -0.327 e. The minimum atomic E-state index is -0.425. The highest BCUT2D eigenvalue weighted by molar-refractivity contribution is 7.07. The smallest absolute Gasteiger partial charge is 0.253 e. The van der Waals surface area contributed by atoms with Gasteiger partial charge >= 0.3 is 0 Å². The molecule has 1 saturated heterocycles. The molecule has 5 nitrogen and oxygen atoms in total. The van der Waals surface area contributed by atoms with Crippen molar-refractivity contribution >= 4 is 40.4 Å². The van der Waals surface area contributed by atoms with Crippen molar-refractivity contribution in [3.05, 3.63) is 45.7 Å². The zero-order valence-corrected chi connectivity index (χ0v) is 13.5. The van der Waals surface area contributed by atoms with Crippen molar-refractivity contribution in [2.75, 3.05) is 11.4 Å². The fourth-order valence-electron chi connectivity index (χ4n) is 2.40. The number of aryl methyl sites for hydroxylation is 1. The molecule has 0 N–H and O–H groups in total. The number of anilines is 1. The molecular weight excluding hydrogens is 322 g/mol. The molecule has 1 aromatic heterocycles. The normalized spacial score (nSPS) is 19.0. The standard InChI is InChI=1S/C15H14ClN3O2S/c1-18-6-7-22-15(18)17-14(21)10-8-13(20)19(9-10)12-5-3-2-4-11(12)16/h2-7,10H,8-9H2,1H3. The van der Waals surface area contributed by atoms with Gasteiger partial charge in [0.1, 0.15) is 0 Å². The van der Waals surface area contributed by atoms with Gasteiger partial charge in [0.05, 0.1) is 16.6 Å². The molecule has 1 aliphatic heterocycles. The third-order valence-corrected chi connectivity index (χ3v) is 4.75. The van der Waals surface area contributed by atoms with Crippen LogP contribution in [0.2, 0.25) is 5.02 Å². The molecule has 0 bridgehead atoms. The molecule has 0 saturated carbocycles. The number of aromatic nitrogens is 1. The largest absolute Gasteiger partial charge is 0.327 e. The molecule has 1 aliphatic rings. The second-order valence-electron chi connectivity index (χ2n) is 5.10. The average molecular weight is 336 g/mol. The molecule has 2 aromatic rings. The molecule has 7 heteroatoms. The molecule has 1 aromatic carbocycles. The van der Waals surface area contributed by atoms with Crippen molar-refractivity contribution in [3.63, 3.8) is 0 Å². The molecular formula is C15H14ClN3O2S. The number of carbonyl (C=O) groups is 2. The van der Waals surface area contributed by atoms with Gasteiger partial charge in [-0.1, -0.05) is 23.7 Å². The van der Waals surface area contributed by atoms with E-state index in [-0.39, 0.29) is 18.2 Å². The average Bonchev–Trinajstić information content (AvgIpc) is 3.06. The van der Waals surface area contributed by atoms with Crippen molar-refractivity contribution in [3.8, 4) is 0 Å². The van der Waals surface area contributed by atoms with Crippen LogP contribution in [-0.2, 0) is 16.6 Å². The van der Waals surface area contributed by atoms with Crippen LogP contribution in [-0.4, -0.2) is 22.9 Å². The number of carbonyl (C=O) groups excluding carboxylic acids is 2. The van der Waals surface area contributed by atoms with Gasteiger partial charge in [0.2, 0.25) is 5.91 Å². The van der Waals surface area contributed by atoms with Crippen molar-refractivity contribution in [1.29, 1.82) is 0 Å². The predicted octanol–water partition coefficient (Wildman–Crippen LogP) is 2.22. The van der Waals surface area contributed by atoms with Crippen LogP contribution >= 0.6 is 22.9 Å². The molecule has 2 amide bonds. The first kappa shape index (κ1) is 15.0. The first-order chi connectivity index (χ1) is 10.6. The zero-order chi connectivity index (χ0) is 15.7. The van der Waals surface area contributed by atoms with E-state index in [1.165, 1.54) is 11.3 Å². The van der Waals surface area contributed by atoms with Crippen molar-refractivity contribution in [2.24, 2.45) is 18.0 Å². The van der Waals surface area contributed by atoms with Crippen LogP contribution in [0.5, 0.6) is 0 Å². The highest BCUT2D eigenvalue weighted by atomic mass is 35.5. The number of thiazole rings is 1. The van der Waals surface area contributed by atoms with Crippen LogP contribution in [0, 0.1) is 5.92 Å². The summed E-state index contributed by atoms with van der Waals surface area (Å²) in [5, 5.41) is 2.37. The molecule has 3 rings (SSSR count). The van der Waals surface area contributed by atoms with Crippen LogP contribution in [0.1, 0.15) is 6.42 Å². The number of rotatable bonds is 2. The van der Waals surface area contributed by atoms with E-state index in [9.17, 15) is 9.59 Å². The third kappa shape index (κ3) is 2.84. The summed E-state index contributed by atoms with van der Waals surface area (Å²) in [7, 11) is 1.83. The molecule has 22 heavy (non-hydrogen) atoms. The molecule has 1 atom stereocenters. The van der Waals surface area contributed by atoms with E-state index in [2.05, 4.69) is 4.99 Å². The lowest BCUT2D eigenvalue weighted by atomic mass is 10.1. The maximum Gasteiger partial charge on any atom is 0.253 e. The molecule has 2 heterocycles. The summed E-state index contributed by atoms with van der Waals surface area (Å²) in [6.07, 6.45) is 2.01. The summed E-state index contributed by atoms with van der Waals surface area (Å²) in [6.45, 7) is 0.319. The summed E-state index contributed by atoms with van der Waals surface area (Å²) >= 11 is 7.52. The lowest BCUT2D eigenvalue weighted by Gasteiger charge is -2.17. The Morgan fingerprint density at radius 1 is 1.41 bits per heavy atom. The summed E-state index contributed by atoms with van der Waals surface area (Å²) in [4.78, 5) is 30.8. The molecule has 114 valence electrons. The minimum absolute atomic E-state index is 0.0998. The van der Waals surface area contributed by atoms with Crippen LogP contribution in [0.3, 0.4) is 0 Å². The highest BCUT2D eigenvalue weighted by Crippen LogP contribution is 2.31. The Morgan fingerprint density at radius 3 is 2.86 bits per heavy atom. The van der Waals surface area contributed by atoms with E-state index >= 15 is 0 Å². The Labute approximate surface area is 136 Å². The topological polar surface area (TPSA) is 54.7 Å². The second kappa shape index (κ2) is 6.06. The third-order valence-electron chi connectivity index (χ3n) is 3.58. The van der Waals surface area contributed by atoms with E-state index < -0.39 is 5.92 Å². The van der Waals surface area contributed by atoms with Gasteiger partial charge in [-0.2, -0.15) is 4.99 Å². The van der Waals surface area contributed by atoms with Crippen LogP contribution < -0.4 is 9.70 Å². The first-order valence-electron chi connectivity index (χ1n) is 6.80. The number of halogens is 1. The van der Waals surface area contributed by atoms with Crippen LogP contribution in [0.4, 0.5) is 5.69 Å². The monoisotopic (exact) mass is 335 g/mol. The Hall–Kier alpha value is -1.92. The van der Waals surface area contributed by atoms with Crippen molar-refractivity contribution in [1.82, 2.24) is 4.57 Å². The summed E-state index contributed by atoms with van der Waals surface area (Å²) in [5.74, 6) is -0.788. The van der Waals surface area contributed by atoms with Crippen molar-refractivity contribution in [2.45, 2.75) is 6.42 Å². The van der Waals surface area contributed by atoms with Gasteiger partial charge in [-0.05, 0) is 12.1 Å². The molecule has 1 fully saturated rings. The quantitative estimate of drug-likeness (QED) is 0.845. The SMILES string of the molecule is Cn1ccsc1=NC(=O)C1CC(=O)N(c2ccccc2Cl)C1. The maximum absolute atomic E-state index is 12.3. The van der Waals surface area contributed by atoms with Crippen LogP contribution in [0.15, 0.2) is 40.8 Å². The number of benzene rings is 1. The molecule has 0 radical (unpaired) electrons. The van der Waals surface area contributed by atoms with Gasteiger partial charge in [0, 0.05) is 31.6 Å². The number of hydrogen-bond donors (Lipinski definition) is 0. The lowest BCUT2D eigenvalue weighted by Crippen LogP contribution is -2.26. The first-order valence-corrected chi connectivity index (χ1v) is 8.05. The number of para-hydroxylation sites is 1. The van der Waals surface area contributed by atoms with E-state index in [1.54, 1.807) is 27.7 Å². The molecule has 0 aliphatic carbocycles. The Balaban J connectivity index is 1.82. The fraction of sp³-hybridized carbons (Fsp3) is 0.267. The predicted molar refractivity (Wildman–Crippen MR) is 85.8 cm³/mol. The Kier molecular flexibility index (Phi) is 4.13. The van der Waals surface area contributed by atoms with Gasteiger partial charge < -0.3 is 9.47 Å². The summed E-state index contributed by atoms with van der Waals surface area (Å²) < 4.78 is 1.78. The van der Waals surface area contributed by atoms with Gasteiger partial charge in [-0.25, -0.2) is 0 Å². The van der Waals surface area contributed by atoms with E-state index in [1.807, 2.05) is 24.7 Å². The van der Waals surface area contributed by atoms with Crippen LogP contribution in [0.25, 0.3) is 0 Å². The number of nitrogens with zero attached hydrogens (tertiary/aromatic N) is 3. The maximum atomic E-state index is 12.3. The lowest BCUT2D eigenvalue weighted by molar-refractivity contribution is -0.123. The Bertz CT molecular complexity index is 796. The van der Waals surface area contributed by atoms with Gasteiger partial charge in [-0.3, -0.25) is 9.59 Å². The Morgan fingerprint density at radius 2 is 2.18 bits per heavy atom. The molecule has 0 spiro atoms. The zero-order valence-electron chi connectivity index (χ0n) is 11.9. The van der Waals surface area contributed by atoms with Crippen molar-refractivity contribution < 1.29 is 9.59 Å². The summed E-state index contributed by atoms with van der Waals surface area (Å²) in [6, 6.07) is 7.14. The van der Waals surface area contributed by atoms with E-state index in [0.29, 0.717) is 22.1 Å². The highest BCUT2D eigenvalue weighted by Gasteiger charge is 2.35. The number of amides is 2. The fourth-order valence-corrected chi connectivity index (χ4v) is 3.37. The molecule has 1 unspecified atom stereocenters. The van der Waals surface area contributed by atoms with E-state index in [4.69, 9.17) is 11.6 Å². The summed E-state index contributed by atoms with van der Waals surface area (Å²) in [5.41, 5.74) is 0.645. The number of hydrogen-bond acceptors (Lipinski definition) is 3. The van der Waals surface area contributed by atoms with Gasteiger partial charge in [0.25, 0.3) is 5.91 Å². The van der Waals surface area contributed by atoms with Gasteiger partial charge in [-0.15, -0.1) is 11.3 Å². The van der Waals surface area contributed by atoms with Gasteiger partial charge in [0.15, 0.2) is 4.80 Å².